The minimum atomic E-state index is -2.80. The summed E-state index contributed by atoms with van der Waals surface area (Å²) in [5.74, 6) is 1.40. The molecule has 2 atom stereocenters. The van der Waals surface area contributed by atoms with Crippen molar-refractivity contribution in [1.82, 2.24) is 5.32 Å². The van der Waals surface area contributed by atoms with Crippen molar-refractivity contribution in [2.24, 2.45) is 0 Å². The van der Waals surface area contributed by atoms with Crippen LogP contribution in [0, 0.1) is 0 Å². The number of nitrogens with one attached hydrogen (secondary N) is 1. The zero-order valence-electron chi connectivity index (χ0n) is 8.64. The van der Waals surface area contributed by atoms with Gasteiger partial charge in [0.1, 0.15) is 5.76 Å². The molecule has 0 radical (unpaired) electrons. The van der Waals surface area contributed by atoms with Crippen molar-refractivity contribution in [2.75, 3.05) is 11.5 Å². The second kappa shape index (κ2) is 3.98. The fraction of sp³-hybridized carbons (Fsp3) is 0.600. The fourth-order valence-corrected chi connectivity index (χ4v) is 3.59. The van der Waals surface area contributed by atoms with Crippen LogP contribution < -0.4 is 5.32 Å². The quantitative estimate of drug-likeness (QED) is 0.843. The van der Waals surface area contributed by atoms with Gasteiger partial charge in [0, 0.05) is 6.04 Å². The molecule has 84 valence electrons. The summed E-state index contributed by atoms with van der Waals surface area (Å²) in [5, 5.41) is 3.26. The van der Waals surface area contributed by atoms with Gasteiger partial charge in [-0.1, -0.05) is 0 Å². The van der Waals surface area contributed by atoms with Crippen LogP contribution in [0.5, 0.6) is 0 Å². The second-order valence-corrected chi connectivity index (χ2v) is 6.23. The molecule has 1 aliphatic rings. The zero-order valence-corrected chi connectivity index (χ0v) is 9.46. The van der Waals surface area contributed by atoms with Gasteiger partial charge in [0.05, 0.1) is 23.8 Å². The lowest BCUT2D eigenvalue weighted by atomic mass is 10.2. The van der Waals surface area contributed by atoms with Crippen molar-refractivity contribution in [3.05, 3.63) is 24.2 Å². The van der Waals surface area contributed by atoms with Gasteiger partial charge in [-0.05, 0) is 25.5 Å². The number of furan rings is 1. The van der Waals surface area contributed by atoms with E-state index in [0.29, 0.717) is 12.2 Å². The summed E-state index contributed by atoms with van der Waals surface area (Å²) in [7, 11) is -2.80. The van der Waals surface area contributed by atoms with Crippen molar-refractivity contribution in [3.8, 4) is 0 Å². The molecule has 1 aliphatic heterocycles. The van der Waals surface area contributed by atoms with Crippen LogP contribution >= 0.6 is 0 Å². The molecular weight excluding hydrogens is 214 g/mol. The third kappa shape index (κ3) is 2.60. The van der Waals surface area contributed by atoms with Crippen molar-refractivity contribution in [1.29, 1.82) is 0 Å². The SMILES string of the molecule is C[C@H](NC1CCS(=O)(=O)C1)c1ccco1. The standard InChI is InChI=1S/C10H15NO3S/c1-8(10-3-2-5-14-10)11-9-4-6-15(12,13)7-9/h2-3,5,8-9,11H,4,6-7H2,1H3/t8-,9?/m0/s1. The highest BCUT2D eigenvalue weighted by molar-refractivity contribution is 7.91. The van der Waals surface area contributed by atoms with Crippen molar-refractivity contribution < 1.29 is 12.8 Å². The summed E-state index contributed by atoms with van der Waals surface area (Å²) in [6.07, 6.45) is 2.33. The predicted molar refractivity (Wildman–Crippen MR) is 57.3 cm³/mol. The Morgan fingerprint density at radius 1 is 1.60 bits per heavy atom. The van der Waals surface area contributed by atoms with E-state index in [-0.39, 0.29) is 17.8 Å². The minimum absolute atomic E-state index is 0.0649. The van der Waals surface area contributed by atoms with E-state index in [2.05, 4.69) is 5.32 Å². The monoisotopic (exact) mass is 229 g/mol. The third-order valence-electron chi connectivity index (χ3n) is 2.69. The van der Waals surface area contributed by atoms with E-state index in [4.69, 9.17) is 4.42 Å². The smallest absolute Gasteiger partial charge is 0.151 e. The average Bonchev–Trinajstić information content (AvgIpc) is 2.74. The molecule has 4 nitrogen and oxygen atoms in total. The summed E-state index contributed by atoms with van der Waals surface area (Å²) in [6, 6.07) is 3.86. The summed E-state index contributed by atoms with van der Waals surface area (Å²) in [6.45, 7) is 1.98. The van der Waals surface area contributed by atoms with E-state index in [0.717, 1.165) is 5.76 Å². The fourth-order valence-electron chi connectivity index (χ4n) is 1.90. The van der Waals surface area contributed by atoms with Gasteiger partial charge in [-0.25, -0.2) is 8.42 Å². The number of hydrogen-bond donors (Lipinski definition) is 1. The highest BCUT2D eigenvalue weighted by Gasteiger charge is 2.29. The van der Waals surface area contributed by atoms with Crippen LogP contribution in [0.3, 0.4) is 0 Å². The van der Waals surface area contributed by atoms with Crippen LogP contribution in [-0.2, 0) is 9.84 Å². The molecule has 1 N–H and O–H groups in total. The summed E-state index contributed by atoms with van der Waals surface area (Å²) < 4.78 is 27.7. The number of hydrogen-bond acceptors (Lipinski definition) is 4. The molecule has 0 amide bonds. The van der Waals surface area contributed by atoms with Gasteiger partial charge < -0.3 is 9.73 Å². The highest BCUT2D eigenvalue weighted by Crippen LogP contribution is 2.18. The maximum Gasteiger partial charge on any atom is 0.151 e. The van der Waals surface area contributed by atoms with Gasteiger partial charge in [-0.2, -0.15) is 0 Å². The second-order valence-electron chi connectivity index (χ2n) is 4.00. The van der Waals surface area contributed by atoms with E-state index >= 15 is 0 Å². The van der Waals surface area contributed by atoms with Crippen LogP contribution in [0.4, 0.5) is 0 Å². The Hall–Kier alpha value is -0.810. The Morgan fingerprint density at radius 3 is 2.93 bits per heavy atom. The molecule has 0 aromatic carbocycles. The summed E-state index contributed by atoms with van der Waals surface area (Å²) >= 11 is 0. The molecule has 1 unspecified atom stereocenters. The van der Waals surface area contributed by atoms with Crippen LogP contribution in [0.25, 0.3) is 0 Å². The van der Waals surface area contributed by atoms with Crippen molar-refractivity contribution in [2.45, 2.75) is 25.4 Å². The van der Waals surface area contributed by atoms with Gasteiger partial charge in [-0.3, -0.25) is 0 Å². The topological polar surface area (TPSA) is 59.3 Å². The van der Waals surface area contributed by atoms with Gasteiger partial charge >= 0.3 is 0 Å². The Bertz CT molecular complexity index is 410. The van der Waals surface area contributed by atoms with E-state index in [1.54, 1.807) is 6.26 Å². The van der Waals surface area contributed by atoms with E-state index in [1.807, 2.05) is 19.1 Å². The summed E-state index contributed by atoms with van der Waals surface area (Å²) in [5.41, 5.74) is 0. The van der Waals surface area contributed by atoms with Gasteiger partial charge in [0.2, 0.25) is 0 Å². The Labute approximate surface area is 89.6 Å². The molecule has 0 aliphatic carbocycles. The predicted octanol–water partition coefficient (Wildman–Crippen LogP) is 1.12. The molecular formula is C10H15NO3S. The van der Waals surface area contributed by atoms with E-state index < -0.39 is 9.84 Å². The molecule has 1 aromatic rings. The van der Waals surface area contributed by atoms with Crippen molar-refractivity contribution in [3.63, 3.8) is 0 Å². The number of rotatable bonds is 3. The molecule has 15 heavy (non-hydrogen) atoms. The first kappa shape index (κ1) is 10.7. The van der Waals surface area contributed by atoms with Crippen LogP contribution in [-0.4, -0.2) is 26.0 Å². The highest BCUT2D eigenvalue weighted by atomic mass is 32.2. The van der Waals surface area contributed by atoms with Crippen molar-refractivity contribution >= 4 is 9.84 Å². The Kier molecular flexibility index (Phi) is 2.84. The number of sulfone groups is 1. The Morgan fingerprint density at radius 2 is 2.40 bits per heavy atom. The maximum absolute atomic E-state index is 11.2. The van der Waals surface area contributed by atoms with Gasteiger partial charge in [0.25, 0.3) is 0 Å². The first-order chi connectivity index (χ1) is 7.07. The molecule has 1 aromatic heterocycles. The lowest BCUT2D eigenvalue weighted by Crippen LogP contribution is -2.32. The summed E-state index contributed by atoms with van der Waals surface area (Å²) in [4.78, 5) is 0. The molecule has 5 heteroatoms. The largest absolute Gasteiger partial charge is 0.468 e. The van der Waals surface area contributed by atoms with Crippen LogP contribution in [0.15, 0.2) is 22.8 Å². The normalized spacial score (nSPS) is 26.6. The molecule has 0 spiro atoms. The first-order valence-corrected chi connectivity index (χ1v) is 6.89. The molecule has 0 saturated carbocycles. The molecule has 1 fully saturated rings. The lowest BCUT2D eigenvalue weighted by molar-refractivity contribution is 0.400. The van der Waals surface area contributed by atoms with E-state index in [1.165, 1.54) is 0 Å². The third-order valence-corrected chi connectivity index (χ3v) is 4.46. The first-order valence-electron chi connectivity index (χ1n) is 5.07. The van der Waals surface area contributed by atoms with Gasteiger partial charge in [0.15, 0.2) is 9.84 Å². The zero-order chi connectivity index (χ0) is 10.9. The van der Waals surface area contributed by atoms with Crippen LogP contribution in [0.2, 0.25) is 0 Å². The van der Waals surface area contributed by atoms with E-state index in [9.17, 15) is 8.42 Å². The van der Waals surface area contributed by atoms with Crippen LogP contribution in [0.1, 0.15) is 25.1 Å². The maximum atomic E-state index is 11.2. The average molecular weight is 229 g/mol. The molecule has 1 saturated heterocycles. The Balaban J connectivity index is 1.94. The molecule has 0 bridgehead atoms. The van der Waals surface area contributed by atoms with Gasteiger partial charge in [-0.15, -0.1) is 0 Å². The molecule has 2 rings (SSSR count). The lowest BCUT2D eigenvalue weighted by Gasteiger charge is -2.16. The molecule has 2 heterocycles. The minimum Gasteiger partial charge on any atom is -0.468 e.